The summed E-state index contributed by atoms with van der Waals surface area (Å²) in [5.41, 5.74) is 3.38. The van der Waals surface area contributed by atoms with Crippen molar-refractivity contribution in [3.05, 3.63) is 101 Å². The maximum Gasteiger partial charge on any atom is 0.416 e. The van der Waals surface area contributed by atoms with Crippen molar-refractivity contribution in [3.8, 4) is 5.75 Å². The Bertz CT molecular complexity index is 1390. The smallest absolute Gasteiger partial charge is 0.416 e. The highest BCUT2D eigenvalue weighted by Crippen LogP contribution is 2.38. The van der Waals surface area contributed by atoms with Crippen LogP contribution in [0, 0.1) is 14.1 Å². The first kappa shape index (κ1) is 28.4. The van der Waals surface area contributed by atoms with E-state index in [1.165, 1.54) is 23.1 Å². The number of halogens is 5. The van der Waals surface area contributed by atoms with E-state index in [4.69, 9.17) is 4.74 Å². The van der Waals surface area contributed by atoms with Gasteiger partial charge in [0.25, 0.3) is 0 Å². The Hall–Kier alpha value is -2.61. The predicted octanol–water partition coefficient (Wildman–Crippen LogP) is 6.85. The Balaban J connectivity index is 1.56. The van der Waals surface area contributed by atoms with Gasteiger partial charge in [0.2, 0.25) is 5.91 Å². The number of alkyl halides is 3. The van der Waals surface area contributed by atoms with Crippen LogP contribution in [-0.2, 0) is 35.3 Å². The number of hydrogen-bond donors (Lipinski definition) is 1. The second kappa shape index (κ2) is 11.6. The fraction of sp³-hybridized carbons (Fsp3) is 0.214. The molecule has 0 saturated carbocycles. The summed E-state index contributed by atoms with van der Waals surface area (Å²) < 4.78 is 46.0. The monoisotopic (exact) mass is 747 g/mol. The van der Waals surface area contributed by atoms with Gasteiger partial charge in [0.15, 0.2) is 0 Å². The van der Waals surface area contributed by atoms with Crippen LogP contribution in [0.1, 0.15) is 33.4 Å². The number of carbonyl (C=O) groups excluding carboxylic acids is 1. The van der Waals surface area contributed by atoms with E-state index < -0.39 is 29.7 Å². The van der Waals surface area contributed by atoms with Crippen LogP contribution in [0.2, 0.25) is 0 Å². The van der Waals surface area contributed by atoms with Crippen molar-refractivity contribution in [2.45, 2.75) is 38.7 Å². The molecule has 1 atom stereocenters. The standard InChI is InChI=1S/C28H22F3I2NO4/c1-16-2-4-17(5-3-16)8-11-24(35)34-14-21-19(13-23(34)27(36)37)12-22(32)26(25(21)33)38-15-18-6-9-20(10-7-18)28(29,30)31/h2-12,23H,13-15H2,1H3,(H,36,37)/b11-8+/t23-/m0/s1. The Labute approximate surface area is 245 Å². The second-order valence-corrected chi connectivity index (χ2v) is 11.1. The third-order valence-electron chi connectivity index (χ3n) is 6.22. The zero-order chi connectivity index (χ0) is 27.6. The minimum Gasteiger partial charge on any atom is -0.487 e. The van der Waals surface area contributed by atoms with Gasteiger partial charge in [-0.1, -0.05) is 42.0 Å². The van der Waals surface area contributed by atoms with Gasteiger partial charge in [-0.15, -0.1) is 0 Å². The number of aliphatic carboxylic acids is 1. The van der Waals surface area contributed by atoms with E-state index in [1.807, 2.05) is 37.3 Å². The predicted molar refractivity (Wildman–Crippen MR) is 154 cm³/mol. The molecule has 3 aromatic rings. The summed E-state index contributed by atoms with van der Waals surface area (Å²) in [5, 5.41) is 9.86. The molecule has 0 fully saturated rings. The molecule has 1 aliphatic heterocycles. The molecule has 0 bridgehead atoms. The normalized spacial score (nSPS) is 15.4. The number of nitrogens with zero attached hydrogens (tertiary/aromatic N) is 1. The summed E-state index contributed by atoms with van der Waals surface area (Å²) in [6.07, 6.45) is -1.21. The lowest BCUT2D eigenvalue weighted by atomic mass is 9.93. The zero-order valence-corrected chi connectivity index (χ0v) is 24.4. The van der Waals surface area contributed by atoms with Gasteiger partial charge in [-0.05, 0) is 98.6 Å². The van der Waals surface area contributed by atoms with Gasteiger partial charge in [0.05, 0.1) is 12.7 Å². The first-order valence-electron chi connectivity index (χ1n) is 11.5. The molecule has 0 saturated heterocycles. The van der Waals surface area contributed by atoms with E-state index in [9.17, 15) is 27.9 Å². The highest BCUT2D eigenvalue weighted by molar-refractivity contribution is 14.1. The molecule has 0 unspecified atom stereocenters. The average molecular weight is 747 g/mol. The molecule has 1 amide bonds. The molecule has 1 heterocycles. The van der Waals surface area contributed by atoms with Crippen LogP contribution >= 0.6 is 45.2 Å². The number of benzene rings is 3. The molecule has 1 N–H and O–H groups in total. The van der Waals surface area contributed by atoms with Gasteiger partial charge in [0, 0.05) is 19.0 Å². The molecule has 0 aliphatic carbocycles. The number of carbonyl (C=O) groups is 2. The van der Waals surface area contributed by atoms with Crippen LogP contribution in [0.3, 0.4) is 0 Å². The summed E-state index contributed by atoms with van der Waals surface area (Å²) >= 11 is 4.22. The molecule has 1 aliphatic rings. The lowest BCUT2D eigenvalue weighted by molar-refractivity contribution is -0.149. The van der Waals surface area contributed by atoms with Crippen LogP contribution in [0.4, 0.5) is 13.2 Å². The molecular formula is C28H22F3I2NO4. The Morgan fingerprint density at radius 3 is 2.37 bits per heavy atom. The summed E-state index contributed by atoms with van der Waals surface area (Å²) in [4.78, 5) is 26.5. The number of rotatable bonds is 6. The van der Waals surface area contributed by atoms with Crippen LogP contribution < -0.4 is 4.74 Å². The minimum atomic E-state index is -4.41. The summed E-state index contributed by atoms with van der Waals surface area (Å²) in [6, 6.07) is 13.2. The van der Waals surface area contributed by atoms with Gasteiger partial charge in [0.1, 0.15) is 18.4 Å². The maximum atomic E-state index is 13.1. The number of amides is 1. The Kier molecular flexibility index (Phi) is 8.70. The first-order valence-corrected chi connectivity index (χ1v) is 13.7. The molecular weight excluding hydrogens is 725 g/mol. The molecule has 5 nitrogen and oxygen atoms in total. The number of fused-ring (bicyclic) bond motifs is 1. The van der Waals surface area contributed by atoms with Crippen molar-refractivity contribution in [1.29, 1.82) is 0 Å². The van der Waals surface area contributed by atoms with E-state index in [0.29, 0.717) is 11.3 Å². The number of carboxylic acid groups (broad SMARTS) is 1. The minimum absolute atomic E-state index is 0.0581. The van der Waals surface area contributed by atoms with Gasteiger partial charge >= 0.3 is 12.1 Å². The van der Waals surface area contributed by atoms with Crippen molar-refractivity contribution < 1.29 is 32.6 Å². The van der Waals surface area contributed by atoms with Gasteiger partial charge in [-0.2, -0.15) is 13.2 Å². The fourth-order valence-electron chi connectivity index (χ4n) is 4.11. The van der Waals surface area contributed by atoms with E-state index in [1.54, 1.807) is 6.08 Å². The second-order valence-electron chi connectivity index (χ2n) is 8.89. The molecule has 198 valence electrons. The molecule has 38 heavy (non-hydrogen) atoms. The van der Waals surface area contributed by atoms with Crippen LogP contribution in [0.15, 0.2) is 60.7 Å². The molecule has 0 radical (unpaired) electrons. The quantitative estimate of drug-likeness (QED) is 0.222. The largest absolute Gasteiger partial charge is 0.487 e. The van der Waals surface area contributed by atoms with Crippen molar-refractivity contribution in [2.24, 2.45) is 0 Å². The average Bonchev–Trinajstić information content (AvgIpc) is 2.87. The van der Waals surface area contributed by atoms with Crippen LogP contribution in [0.25, 0.3) is 6.08 Å². The van der Waals surface area contributed by atoms with E-state index >= 15 is 0 Å². The van der Waals surface area contributed by atoms with Gasteiger partial charge < -0.3 is 14.7 Å². The molecule has 0 aromatic heterocycles. The third-order valence-corrected chi connectivity index (χ3v) is 8.16. The fourth-order valence-corrected chi connectivity index (χ4v) is 6.39. The third kappa shape index (κ3) is 6.50. The molecule has 10 heteroatoms. The molecule has 4 rings (SSSR count). The molecule has 3 aromatic carbocycles. The van der Waals surface area contributed by atoms with E-state index in [-0.39, 0.29) is 19.6 Å². The Morgan fingerprint density at radius 1 is 1.11 bits per heavy atom. The lowest BCUT2D eigenvalue weighted by Crippen LogP contribution is -2.48. The number of carboxylic acids is 1. The van der Waals surface area contributed by atoms with Gasteiger partial charge in [-0.25, -0.2) is 4.79 Å². The maximum absolute atomic E-state index is 13.1. The SMILES string of the molecule is Cc1ccc(/C=C/C(=O)N2Cc3c(cc(I)c(OCc4ccc(C(F)(F)F)cc4)c3I)C[C@H]2C(=O)O)cc1. The van der Waals surface area contributed by atoms with Crippen LogP contribution in [0.5, 0.6) is 5.75 Å². The van der Waals surface area contributed by atoms with Crippen molar-refractivity contribution in [1.82, 2.24) is 4.90 Å². The molecule has 0 spiro atoms. The number of ether oxygens (including phenoxy) is 1. The topological polar surface area (TPSA) is 66.8 Å². The summed E-state index contributed by atoms with van der Waals surface area (Å²) in [5.74, 6) is -0.952. The van der Waals surface area contributed by atoms with E-state index in [2.05, 4.69) is 45.2 Å². The van der Waals surface area contributed by atoms with Gasteiger partial charge in [-0.3, -0.25) is 4.79 Å². The Morgan fingerprint density at radius 2 is 1.76 bits per heavy atom. The van der Waals surface area contributed by atoms with Crippen molar-refractivity contribution in [2.75, 3.05) is 0 Å². The first-order chi connectivity index (χ1) is 17.9. The number of aryl methyl sites for hydroxylation is 1. The van der Waals surface area contributed by atoms with Crippen molar-refractivity contribution >= 4 is 63.1 Å². The highest BCUT2D eigenvalue weighted by atomic mass is 127. The highest BCUT2D eigenvalue weighted by Gasteiger charge is 2.36. The number of hydrogen-bond acceptors (Lipinski definition) is 3. The lowest BCUT2D eigenvalue weighted by Gasteiger charge is -2.35. The summed E-state index contributed by atoms with van der Waals surface area (Å²) in [6.45, 7) is 2.11. The summed E-state index contributed by atoms with van der Waals surface area (Å²) in [7, 11) is 0. The van der Waals surface area contributed by atoms with Crippen molar-refractivity contribution in [3.63, 3.8) is 0 Å². The van der Waals surface area contributed by atoms with Crippen LogP contribution in [-0.4, -0.2) is 27.9 Å². The van der Waals surface area contributed by atoms with E-state index in [0.717, 1.165) is 41.5 Å². The zero-order valence-electron chi connectivity index (χ0n) is 20.1.